The fourth-order valence-corrected chi connectivity index (χ4v) is 4.75. The van der Waals surface area contributed by atoms with E-state index in [0.717, 1.165) is 10.8 Å². The number of benzene rings is 1. The predicted octanol–water partition coefficient (Wildman–Crippen LogP) is 1.98. The second-order valence-electron chi connectivity index (χ2n) is 7.39. The summed E-state index contributed by atoms with van der Waals surface area (Å²) in [7, 11) is -3.28. The summed E-state index contributed by atoms with van der Waals surface area (Å²) >= 11 is 0. The average Bonchev–Trinajstić information content (AvgIpc) is 3.01. The SMILES string of the molecule is C=CC(O)(C1COc2c(cn(C)c2C(=O)Nc2ccc(C)c(C#N)c2)S(=O)(=O)N1)C(F)(F)F. The fraction of sp³-hybridized carbons (Fsp3) is 0.300. The van der Waals surface area contributed by atoms with Gasteiger partial charge in [0.1, 0.15) is 11.5 Å². The molecule has 1 aliphatic heterocycles. The Hall–Kier alpha value is -3.34. The zero-order valence-electron chi connectivity index (χ0n) is 17.4. The Morgan fingerprint density at radius 3 is 2.70 bits per heavy atom. The van der Waals surface area contributed by atoms with Crippen molar-refractivity contribution < 1.29 is 36.2 Å². The van der Waals surface area contributed by atoms with Crippen LogP contribution < -0.4 is 14.8 Å². The number of hydrogen-bond donors (Lipinski definition) is 3. The summed E-state index contributed by atoms with van der Waals surface area (Å²) in [5.41, 5.74) is -2.69. The van der Waals surface area contributed by atoms with E-state index in [1.165, 1.54) is 19.2 Å². The Balaban J connectivity index is 2.00. The molecule has 1 aromatic heterocycles. The van der Waals surface area contributed by atoms with Gasteiger partial charge in [0, 0.05) is 18.9 Å². The molecule has 9 nitrogen and oxygen atoms in total. The first-order valence-corrected chi connectivity index (χ1v) is 10.8. The van der Waals surface area contributed by atoms with E-state index in [1.54, 1.807) is 17.7 Å². The molecule has 2 heterocycles. The van der Waals surface area contributed by atoms with Gasteiger partial charge in [-0.25, -0.2) is 13.1 Å². The molecule has 176 valence electrons. The van der Waals surface area contributed by atoms with Crippen molar-refractivity contribution in [1.82, 2.24) is 9.29 Å². The van der Waals surface area contributed by atoms with Crippen molar-refractivity contribution in [3.05, 3.63) is 53.9 Å². The van der Waals surface area contributed by atoms with E-state index in [4.69, 9.17) is 10.00 Å². The molecular formula is C20H19F3N4O5S. The highest BCUT2D eigenvalue weighted by Gasteiger charge is 2.58. The number of rotatable bonds is 4. The monoisotopic (exact) mass is 484 g/mol. The maximum Gasteiger partial charge on any atom is 0.422 e. The minimum Gasteiger partial charge on any atom is -0.488 e. The molecule has 2 unspecified atom stereocenters. The van der Waals surface area contributed by atoms with Gasteiger partial charge in [-0.1, -0.05) is 12.6 Å². The summed E-state index contributed by atoms with van der Waals surface area (Å²) < 4.78 is 74.1. The first kappa shape index (κ1) is 24.3. The van der Waals surface area contributed by atoms with Crippen molar-refractivity contribution in [3.63, 3.8) is 0 Å². The lowest BCUT2D eigenvalue weighted by Crippen LogP contribution is -2.61. The third-order valence-electron chi connectivity index (χ3n) is 5.21. The molecule has 1 aliphatic rings. The summed E-state index contributed by atoms with van der Waals surface area (Å²) in [5.74, 6) is -1.30. The normalized spacial score (nSPS) is 19.2. The fourth-order valence-electron chi connectivity index (χ4n) is 3.30. The minimum atomic E-state index is -5.26. The Kier molecular flexibility index (Phi) is 6.05. The summed E-state index contributed by atoms with van der Waals surface area (Å²) in [6.07, 6.45) is -4.07. The van der Waals surface area contributed by atoms with Gasteiger partial charge in [0.05, 0.1) is 17.7 Å². The van der Waals surface area contributed by atoms with Crippen LogP contribution in [0.25, 0.3) is 0 Å². The molecule has 0 fully saturated rings. The van der Waals surface area contributed by atoms with E-state index < -0.39 is 51.0 Å². The molecule has 0 bridgehead atoms. The van der Waals surface area contributed by atoms with Gasteiger partial charge < -0.3 is 19.7 Å². The molecule has 0 spiro atoms. The number of halogens is 3. The van der Waals surface area contributed by atoms with Gasteiger partial charge >= 0.3 is 6.18 Å². The van der Waals surface area contributed by atoms with Crippen molar-refractivity contribution >= 4 is 21.6 Å². The highest BCUT2D eigenvalue weighted by atomic mass is 32.2. The van der Waals surface area contributed by atoms with Crippen LogP contribution in [0.1, 0.15) is 21.6 Å². The molecular weight excluding hydrogens is 465 g/mol. The van der Waals surface area contributed by atoms with Crippen LogP contribution in [0.5, 0.6) is 5.75 Å². The van der Waals surface area contributed by atoms with Crippen molar-refractivity contribution in [1.29, 1.82) is 5.26 Å². The molecule has 2 atom stereocenters. The van der Waals surface area contributed by atoms with Gasteiger partial charge in [-0.2, -0.15) is 18.4 Å². The van der Waals surface area contributed by atoms with Crippen LogP contribution in [0.15, 0.2) is 41.9 Å². The highest BCUT2D eigenvalue weighted by molar-refractivity contribution is 7.89. The van der Waals surface area contributed by atoms with Crippen molar-refractivity contribution in [2.75, 3.05) is 11.9 Å². The lowest BCUT2D eigenvalue weighted by Gasteiger charge is -2.33. The Bertz CT molecular complexity index is 1280. The van der Waals surface area contributed by atoms with E-state index in [-0.39, 0.29) is 17.5 Å². The van der Waals surface area contributed by atoms with Crippen LogP contribution in [0.3, 0.4) is 0 Å². The van der Waals surface area contributed by atoms with Crippen molar-refractivity contribution in [2.45, 2.75) is 29.6 Å². The number of aliphatic hydroxyl groups is 1. The number of nitriles is 1. The van der Waals surface area contributed by atoms with Crippen LogP contribution in [0.4, 0.5) is 18.9 Å². The summed E-state index contributed by atoms with van der Waals surface area (Å²) in [6, 6.07) is 4.35. The van der Waals surface area contributed by atoms with Crippen LogP contribution in [0, 0.1) is 18.3 Å². The van der Waals surface area contributed by atoms with E-state index in [1.807, 2.05) is 6.07 Å². The zero-order valence-corrected chi connectivity index (χ0v) is 18.2. The molecule has 1 amide bonds. The minimum absolute atomic E-state index is 0.178. The Morgan fingerprint density at radius 1 is 1.45 bits per heavy atom. The summed E-state index contributed by atoms with van der Waals surface area (Å²) in [5, 5.41) is 21.8. The Labute approximate surface area is 187 Å². The topological polar surface area (TPSA) is 133 Å². The van der Waals surface area contributed by atoms with Gasteiger partial charge in [-0.15, -0.1) is 0 Å². The van der Waals surface area contributed by atoms with Gasteiger partial charge in [-0.05, 0) is 30.7 Å². The van der Waals surface area contributed by atoms with E-state index >= 15 is 0 Å². The number of hydrogen-bond acceptors (Lipinski definition) is 6. The molecule has 33 heavy (non-hydrogen) atoms. The van der Waals surface area contributed by atoms with Crippen LogP contribution in [-0.4, -0.2) is 48.4 Å². The molecule has 2 aromatic rings. The number of aryl methyl sites for hydroxylation is 2. The van der Waals surface area contributed by atoms with Crippen molar-refractivity contribution in [3.8, 4) is 11.8 Å². The number of sulfonamides is 1. The maximum atomic E-state index is 13.4. The lowest BCUT2D eigenvalue weighted by atomic mass is 9.95. The van der Waals surface area contributed by atoms with Crippen LogP contribution in [0.2, 0.25) is 0 Å². The quantitative estimate of drug-likeness (QED) is 0.569. The van der Waals surface area contributed by atoms with Gasteiger partial charge in [-0.3, -0.25) is 4.79 Å². The largest absolute Gasteiger partial charge is 0.488 e. The van der Waals surface area contributed by atoms with Gasteiger partial charge in [0.15, 0.2) is 17.0 Å². The number of nitrogens with zero attached hydrogens (tertiary/aromatic N) is 2. The smallest absolute Gasteiger partial charge is 0.422 e. The number of amides is 1. The first-order chi connectivity index (χ1) is 15.2. The number of carbonyl (C=O) groups excluding carboxylic acids is 1. The van der Waals surface area contributed by atoms with Gasteiger partial charge in [0.25, 0.3) is 5.91 Å². The van der Waals surface area contributed by atoms with Crippen LogP contribution >= 0.6 is 0 Å². The predicted molar refractivity (Wildman–Crippen MR) is 110 cm³/mol. The molecule has 0 saturated carbocycles. The number of nitrogens with one attached hydrogen (secondary N) is 2. The maximum absolute atomic E-state index is 13.4. The third kappa shape index (κ3) is 4.20. The van der Waals surface area contributed by atoms with E-state index in [0.29, 0.717) is 11.1 Å². The second kappa shape index (κ2) is 8.22. The van der Waals surface area contributed by atoms with Gasteiger partial charge in [0.2, 0.25) is 10.0 Å². The number of alkyl halides is 3. The standard InChI is InChI=1S/C20H19F3N4O5S/c1-4-19(29,20(21,22)23)15-10-32-17-14(33(30,31)26-15)9-27(3)16(17)18(28)25-13-6-5-11(2)12(7-13)8-24/h4-7,9,15,26,29H,1,10H2,2-3H3,(H,25,28). The number of fused-ring (bicyclic) bond motifs is 1. The zero-order chi connectivity index (χ0) is 24.8. The highest BCUT2D eigenvalue weighted by Crippen LogP contribution is 2.39. The Morgan fingerprint density at radius 2 is 2.12 bits per heavy atom. The van der Waals surface area contributed by atoms with Crippen LogP contribution in [-0.2, 0) is 17.1 Å². The average molecular weight is 484 g/mol. The summed E-state index contributed by atoms with van der Waals surface area (Å²) in [6.45, 7) is 3.73. The van der Waals surface area contributed by atoms with Crippen molar-refractivity contribution in [2.24, 2.45) is 7.05 Å². The number of aromatic nitrogens is 1. The molecule has 0 saturated heterocycles. The number of anilines is 1. The number of carbonyl (C=O) groups is 1. The molecule has 3 rings (SSSR count). The molecule has 0 radical (unpaired) electrons. The third-order valence-corrected chi connectivity index (χ3v) is 6.68. The van der Waals surface area contributed by atoms with E-state index in [2.05, 4.69) is 11.9 Å². The molecule has 0 aliphatic carbocycles. The van der Waals surface area contributed by atoms with E-state index in [9.17, 15) is 31.5 Å². The number of ether oxygens (including phenoxy) is 1. The molecule has 13 heteroatoms. The molecule has 3 N–H and O–H groups in total. The first-order valence-electron chi connectivity index (χ1n) is 9.34. The second-order valence-corrected chi connectivity index (χ2v) is 9.07. The lowest BCUT2D eigenvalue weighted by molar-refractivity contribution is -0.249. The summed E-state index contributed by atoms with van der Waals surface area (Å²) in [4.78, 5) is 12.3. The molecule has 1 aromatic carbocycles.